The summed E-state index contributed by atoms with van der Waals surface area (Å²) in [5.41, 5.74) is 6.58. The molecule has 1 aromatic heterocycles. The van der Waals surface area contributed by atoms with Gasteiger partial charge in [-0.05, 0) is 12.1 Å². The zero-order chi connectivity index (χ0) is 10.5. The summed E-state index contributed by atoms with van der Waals surface area (Å²) in [6.45, 7) is 1.02. The average Bonchev–Trinajstić information content (AvgIpc) is 2.30. The molecule has 82 valence electrons. The Morgan fingerprint density at radius 1 is 1.47 bits per heavy atom. The van der Waals surface area contributed by atoms with Crippen LogP contribution in [0.25, 0.3) is 0 Å². The van der Waals surface area contributed by atoms with E-state index in [1.54, 1.807) is 6.20 Å². The van der Waals surface area contributed by atoms with Gasteiger partial charge in [0, 0.05) is 29.1 Å². The van der Waals surface area contributed by atoms with E-state index in [1.165, 1.54) is 17.3 Å². The maximum absolute atomic E-state index is 5.52. The Labute approximate surface area is 98.6 Å². The van der Waals surface area contributed by atoms with Gasteiger partial charge in [0.25, 0.3) is 0 Å². The van der Waals surface area contributed by atoms with E-state index in [0.717, 1.165) is 17.5 Å². The number of nitrogen functional groups attached to an aromatic ring is 1. The van der Waals surface area contributed by atoms with Crippen LogP contribution in [0.5, 0.6) is 0 Å². The highest BCUT2D eigenvalue weighted by Gasteiger charge is 2.13. The number of nitrogens with zero attached hydrogens (tertiary/aromatic N) is 1. The largest absolute Gasteiger partial charge is 0.384 e. The summed E-state index contributed by atoms with van der Waals surface area (Å²) in [5.74, 6) is 4.39. The first-order valence-electron chi connectivity index (χ1n) is 4.99. The van der Waals surface area contributed by atoms with Gasteiger partial charge in [0.05, 0.1) is 11.9 Å². The number of nitrogens with two attached hydrogens (primary N) is 1. The lowest BCUT2D eigenvalue weighted by molar-refractivity contribution is 1.00. The predicted molar refractivity (Wildman–Crippen MR) is 70.7 cm³/mol. The van der Waals surface area contributed by atoms with Gasteiger partial charge in [0.1, 0.15) is 5.82 Å². The second kappa shape index (κ2) is 5.51. The molecule has 1 aliphatic rings. The van der Waals surface area contributed by atoms with Crippen LogP contribution >= 0.6 is 23.5 Å². The first-order valence-corrected chi connectivity index (χ1v) is 7.20. The van der Waals surface area contributed by atoms with Crippen LogP contribution < -0.4 is 11.1 Å². The van der Waals surface area contributed by atoms with Crippen LogP contribution in [-0.2, 0) is 0 Å². The molecule has 15 heavy (non-hydrogen) atoms. The Kier molecular flexibility index (Phi) is 4.02. The molecule has 1 aliphatic heterocycles. The molecule has 3 nitrogen and oxygen atoms in total. The Bertz CT molecular complexity index is 296. The molecule has 0 spiro atoms. The van der Waals surface area contributed by atoms with E-state index in [-0.39, 0.29) is 0 Å². The van der Waals surface area contributed by atoms with Gasteiger partial charge in [0.2, 0.25) is 0 Å². The van der Waals surface area contributed by atoms with Crippen molar-refractivity contribution in [1.82, 2.24) is 4.98 Å². The van der Waals surface area contributed by atoms with Crippen molar-refractivity contribution in [2.75, 3.05) is 34.9 Å². The van der Waals surface area contributed by atoms with Gasteiger partial charge in [0.15, 0.2) is 0 Å². The molecule has 0 radical (unpaired) electrons. The molecule has 0 amide bonds. The molecule has 2 rings (SSSR count). The molecule has 0 bridgehead atoms. The Balaban J connectivity index is 1.79. The normalized spacial score (nSPS) is 21.2. The summed E-state index contributed by atoms with van der Waals surface area (Å²) in [4.78, 5) is 4.05. The zero-order valence-corrected chi connectivity index (χ0v) is 10.1. The number of nitrogens with one attached hydrogen (secondary N) is 1. The van der Waals surface area contributed by atoms with E-state index < -0.39 is 0 Å². The summed E-state index contributed by atoms with van der Waals surface area (Å²) in [6, 6.07) is 3.80. The van der Waals surface area contributed by atoms with Gasteiger partial charge in [-0.15, -0.1) is 0 Å². The minimum atomic E-state index is 0.572. The van der Waals surface area contributed by atoms with Crippen molar-refractivity contribution in [3.8, 4) is 0 Å². The molecule has 1 atom stereocenters. The maximum Gasteiger partial charge on any atom is 0.123 e. The fraction of sp³-hybridized carbons (Fsp3) is 0.500. The first kappa shape index (κ1) is 11.0. The molecule has 1 aromatic rings. The molecule has 1 unspecified atom stereocenters. The molecule has 0 aromatic carbocycles. The summed E-state index contributed by atoms with van der Waals surface area (Å²) in [5, 5.41) is 4.11. The quantitative estimate of drug-likeness (QED) is 0.847. The SMILES string of the molecule is Nc1ccc(NCC2CSCCS2)cn1. The number of rotatable bonds is 3. The molecule has 3 N–H and O–H groups in total. The van der Waals surface area contributed by atoms with Crippen molar-refractivity contribution in [3.05, 3.63) is 18.3 Å². The highest BCUT2D eigenvalue weighted by Crippen LogP contribution is 2.24. The molecule has 0 saturated carbocycles. The van der Waals surface area contributed by atoms with Crippen LogP contribution in [0, 0.1) is 0 Å². The van der Waals surface area contributed by atoms with E-state index in [1.807, 2.05) is 23.9 Å². The van der Waals surface area contributed by atoms with Crippen LogP contribution in [0.3, 0.4) is 0 Å². The van der Waals surface area contributed by atoms with Crippen molar-refractivity contribution in [2.45, 2.75) is 5.25 Å². The van der Waals surface area contributed by atoms with Crippen molar-refractivity contribution < 1.29 is 0 Å². The fourth-order valence-corrected chi connectivity index (χ4v) is 4.01. The highest BCUT2D eigenvalue weighted by atomic mass is 32.2. The third-order valence-corrected chi connectivity index (χ3v) is 5.05. The molecule has 2 heterocycles. The van der Waals surface area contributed by atoms with E-state index in [4.69, 9.17) is 5.73 Å². The van der Waals surface area contributed by atoms with Crippen LogP contribution in [0.15, 0.2) is 18.3 Å². The number of thioether (sulfide) groups is 2. The average molecular weight is 241 g/mol. The molecular weight excluding hydrogens is 226 g/mol. The molecular formula is C10H15N3S2. The van der Waals surface area contributed by atoms with Crippen LogP contribution in [-0.4, -0.2) is 34.0 Å². The van der Waals surface area contributed by atoms with Gasteiger partial charge >= 0.3 is 0 Å². The Hall–Kier alpha value is -0.550. The maximum atomic E-state index is 5.52. The monoisotopic (exact) mass is 241 g/mol. The first-order chi connectivity index (χ1) is 7.34. The third kappa shape index (κ3) is 3.50. The van der Waals surface area contributed by atoms with Crippen LogP contribution in [0.4, 0.5) is 11.5 Å². The Morgan fingerprint density at radius 3 is 3.07 bits per heavy atom. The molecule has 5 heteroatoms. The summed E-state index contributed by atoms with van der Waals surface area (Å²) in [7, 11) is 0. The lowest BCUT2D eigenvalue weighted by atomic mass is 10.4. The number of aromatic nitrogens is 1. The lowest BCUT2D eigenvalue weighted by Crippen LogP contribution is -2.23. The van der Waals surface area contributed by atoms with Gasteiger partial charge in [-0.25, -0.2) is 4.98 Å². The van der Waals surface area contributed by atoms with E-state index in [2.05, 4.69) is 22.1 Å². The number of pyridine rings is 1. The second-order valence-corrected chi connectivity index (χ2v) is 5.98. The zero-order valence-electron chi connectivity index (χ0n) is 8.48. The van der Waals surface area contributed by atoms with Crippen molar-refractivity contribution in [1.29, 1.82) is 0 Å². The van der Waals surface area contributed by atoms with E-state index >= 15 is 0 Å². The van der Waals surface area contributed by atoms with Gasteiger partial charge in [-0.2, -0.15) is 23.5 Å². The summed E-state index contributed by atoms with van der Waals surface area (Å²) >= 11 is 4.10. The standard InChI is InChI=1S/C10H15N3S2/c11-10-2-1-8(5-13-10)12-6-9-7-14-3-4-15-9/h1-2,5,9,12H,3-4,6-7H2,(H2,11,13). The molecule has 0 aliphatic carbocycles. The Morgan fingerprint density at radius 2 is 2.40 bits per heavy atom. The minimum Gasteiger partial charge on any atom is -0.384 e. The van der Waals surface area contributed by atoms with E-state index in [9.17, 15) is 0 Å². The lowest BCUT2D eigenvalue weighted by Gasteiger charge is -2.21. The number of hydrogen-bond acceptors (Lipinski definition) is 5. The van der Waals surface area contributed by atoms with Crippen molar-refractivity contribution >= 4 is 35.0 Å². The third-order valence-electron chi connectivity index (χ3n) is 2.21. The summed E-state index contributed by atoms with van der Waals surface area (Å²) in [6.07, 6.45) is 1.79. The van der Waals surface area contributed by atoms with E-state index in [0.29, 0.717) is 5.82 Å². The molecule has 1 fully saturated rings. The van der Waals surface area contributed by atoms with Gasteiger partial charge in [-0.3, -0.25) is 0 Å². The number of hydrogen-bond donors (Lipinski definition) is 2. The number of anilines is 2. The minimum absolute atomic E-state index is 0.572. The summed E-state index contributed by atoms with van der Waals surface area (Å²) < 4.78 is 0. The van der Waals surface area contributed by atoms with Gasteiger partial charge in [-0.1, -0.05) is 0 Å². The van der Waals surface area contributed by atoms with Gasteiger partial charge < -0.3 is 11.1 Å². The predicted octanol–water partition coefficient (Wildman–Crippen LogP) is 1.92. The smallest absolute Gasteiger partial charge is 0.123 e. The second-order valence-electron chi connectivity index (χ2n) is 3.42. The topological polar surface area (TPSA) is 50.9 Å². The highest BCUT2D eigenvalue weighted by molar-refractivity contribution is 8.06. The van der Waals surface area contributed by atoms with Crippen molar-refractivity contribution in [2.24, 2.45) is 0 Å². The fourth-order valence-electron chi connectivity index (χ4n) is 1.40. The molecule has 1 saturated heterocycles. The van der Waals surface area contributed by atoms with Crippen LogP contribution in [0.2, 0.25) is 0 Å². The van der Waals surface area contributed by atoms with Crippen molar-refractivity contribution in [3.63, 3.8) is 0 Å². The van der Waals surface area contributed by atoms with Crippen LogP contribution in [0.1, 0.15) is 0 Å².